The Morgan fingerprint density at radius 2 is 2.00 bits per heavy atom. The second-order valence-electron chi connectivity index (χ2n) is 5.50. The Morgan fingerprint density at radius 3 is 2.78 bits per heavy atom. The Kier molecular flexibility index (Phi) is 3.40. The fourth-order valence-corrected chi connectivity index (χ4v) is 2.68. The number of nitrogens with one attached hydrogen (secondary N) is 1. The molecule has 4 rings (SSSR count). The second-order valence-corrected chi connectivity index (χ2v) is 5.50. The van der Waals surface area contributed by atoms with Crippen molar-refractivity contribution < 1.29 is 5.11 Å². The van der Waals surface area contributed by atoms with Gasteiger partial charge in [0.2, 0.25) is 0 Å². The smallest absolute Gasteiger partial charge is 0.136 e. The number of benzene rings is 2. The van der Waals surface area contributed by atoms with Gasteiger partial charge in [0.25, 0.3) is 0 Å². The summed E-state index contributed by atoms with van der Waals surface area (Å²) in [5.74, 6) is 0.589. The minimum Gasteiger partial charge on any atom is -0.385 e. The summed E-state index contributed by atoms with van der Waals surface area (Å²) >= 11 is 0. The fraction of sp³-hybridized carbons (Fsp3) is 0.111. The normalized spacial score (nSPS) is 12.6. The number of hydrogen-bond acceptors (Lipinski definition) is 3. The molecule has 0 fully saturated rings. The highest BCUT2D eigenvalue weighted by Gasteiger charge is 2.13. The largest absolute Gasteiger partial charge is 0.385 e. The third-order valence-corrected chi connectivity index (χ3v) is 3.88. The SMILES string of the molecule is O[C@H](Cc1ccccc1)c1nc2cc(-n3ccnc3)ccc2[nH]1. The second kappa shape index (κ2) is 5.70. The predicted octanol–water partition coefficient (Wildman–Crippen LogP) is 3.02. The lowest BCUT2D eigenvalue weighted by Gasteiger charge is -2.07. The first-order valence-electron chi connectivity index (χ1n) is 7.49. The number of aromatic nitrogens is 4. The van der Waals surface area contributed by atoms with Gasteiger partial charge in [-0.15, -0.1) is 0 Å². The van der Waals surface area contributed by atoms with Gasteiger partial charge in [-0.05, 0) is 23.8 Å². The van der Waals surface area contributed by atoms with Crippen LogP contribution in [0.1, 0.15) is 17.5 Å². The van der Waals surface area contributed by atoms with E-state index < -0.39 is 6.10 Å². The van der Waals surface area contributed by atoms with E-state index in [4.69, 9.17) is 0 Å². The van der Waals surface area contributed by atoms with Crippen molar-refractivity contribution in [3.63, 3.8) is 0 Å². The Morgan fingerprint density at radius 1 is 1.13 bits per heavy atom. The first-order valence-corrected chi connectivity index (χ1v) is 7.49. The van der Waals surface area contributed by atoms with Crippen LogP contribution in [0.25, 0.3) is 16.7 Å². The molecule has 5 heteroatoms. The van der Waals surface area contributed by atoms with Crippen LogP contribution in [0.5, 0.6) is 0 Å². The van der Waals surface area contributed by atoms with Crippen LogP contribution in [-0.2, 0) is 6.42 Å². The van der Waals surface area contributed by atoms with Crippen molar-refractivity contribution in [1.82, 2.24) is 19.5 Å². The topological polar surface area (TPSA) is 66.7 Å². The molecule has 0 aliphatic carbocycles. The van der Waals surface area contributed by atoms with Crippen molar-refractivity contribution in [3.05, 3.63) is 78.6 Å². The van der Waals surface area contributed by atoms with Crippen molar-refractivity contribution in [2.24, 2.45) is 0 Å². The van der Waals surface area contributed by atoms with Gasteiger partial charge in [-0.25, -0.2) is 9.97 Å². The number of fused-ring (bicyclic) bond motifs is 1. The number of aliphatic hydroxyl groups excluding tert-OH is 1. The molecule has 2 aromatic carbocycles. The van der Waals surface area contributed by atoms with Crippen molar-refractivity contribution in [3.8, 4) is 5.69 Å². The zero-order chi connectivity index (χ0) is 15.6. The molecular formula is C18H16N4O. The Bertz CT molecular complexity index is 913. The third-order valence-electron chi connectivity index (χ3n) is 3.88. The maximum absolute atomic E-state index is 10.4. The molecule has 0 saturated heterocycles. The summed E-state index contributed by atoms with van der Waals surface area (Å²) in [6, 6.07) is 15.9. The van der Waals surface area contributed by atoms with Gasteiger partial charge in [0.05, 0.1) is 17.4 Å². The number of nitrogens with zero attached hydrogens (tertiary/aromatic N) is 3. The highest BCUT2D eigenvalue weighted by atomic mass is 16.3. The van der Waals surface area contributed by atoms with Crippen LogP contribution >= 0.6 is 0 Å². The molecule has 1 atom stereocenters. The molecule has 0 radical (unpaired) electrons. The first kappa shape index (κ1) is 13.7. The molecule has 2 heterocycles. The van der Waals surface area contributed by atoms with Gasteiger partial charge in [-0.2, -0.15) is 0 Å². The van der Waals surface area contributed by atoms with Gasteiger partial charge in [-0.3, -0.25) is 0 Å². The minimum absolute atomic E-state index is 0.537. The molecule has 0 spiro atoms. The van der Waals surface area contributed by atoms with E-state index in [1.807, 2.05) is 59.3 Å². The van der Waals surface area contributed by atoms with E-state index >= 15 is 0 Å². The quantitative estimate of drug-likeness (QED) is 0.609. The zero-order valence-electron chi connectivity index (χ0n) is 12.4. The van der Waals surface area contributed by atoms with E-state index in [2.05, 4.69) is 15.0 Å². The molecule has 2 N–H and O–H groups in total. The van der Waals surface area contributed by atoms with Crippen LogP contribution < -0.4 is 0 Å². The summed E-state index contributed by atoms with van der Waals surface area (Å²) < 4.78 is 1.92. The van der Waals surface area contributed by atoms with Crippen LogP contribution in [0.2, 0.25) is 0 Å². The summed E-state index contributed by atoms with van der Waals surface area (Å²) in [4.78, 5) is 11.8. The molecule has 2 aromatic heterocycles. The van der Waals surface area contributed by atoms with E-state index in [9.17, 15) is 5.11 Å². The van der Waals surface area contributed by atoms with Crippen LogP contribution in [0.15, 0.2) is 67.3 Å². The Balaban J connectivity index is 1.63. The third kappa shape index (κ3) is 2.74. The van der Waals surface area contributed by atoms with Gasteiger partial charge in [0, 0.05) is 24.5 Å². The lowest BCUT2D eigenvalue weighted by Crippen LogP contribution is -2.03. The van der Waals surface area contributed by atoms with Crippen LogP contribution in [0.3, 0.4) is 0 Å². The summed E-state index contributed by atoms with van der Waals surface area (Å²) in [7, 11) is 0. The lowest BCUT2D eigenvalue weighted by atomic mass is 10.1. The molecule has 0 amide bonds. The summed E-state index contributed by atoms with van der Waals surface area (Å²) in [6.07, 6.45) is 5.26. The predicted molar refractivity (Wildman–Crippen MR) is 88.3 cm³/mol. The van der Waals surface area contributed by atoms with Gasteiger partial charge in [0.15, 0.2) is 0 Å². The Hall–Kier alpha value is -2.92. The number of aromatic amines is 1. The number of H-pyrrole nitrogens is 1. The number of rotatable bonds is 4. The van der Waals surface area contributed by atoms with E-state index in [1.54, 1.807) is 12.5 Å². The maximum Gasteiger partial charge on any atom is 0.136 e. The van der Waals surface area contributed by atoms with Gasteiger partial charge in [-0.1, -0.05) is 30.3 Å². The van der Waals surface area contributed by atoms with E-state index in [0.717, 1.165) is 22.3 Å². The van der Waals surface area contributed by atoms with Crippen molar-refractivity contribution in [1.29, 1.82) is 0 Å². The summed E-state index contributed by atoms with van der Waals surface area (Å²) in [5.41, 5.74) is 3.82. The van der Waals surface area contributed by atoms with E-state index in [1.165, 1.54) is 0 Å². The van der Waals surface area contributed by atoms with Crippen molar-refractivity contribution in [2.45, 2.75) is 12.5 Å². The summed E-state index contributed by atoms with van der Waals surface area (Å²) in [5, 5.41) is 10.4. The molecule has 0 aliphatic rings. The molecule has 114 valence electrons. The van der Waals surface area contributed by atoms with E-state index in [-0.39, 0.29) is 0 Å². The highest BCUT2D eigenvalue weighted by Crippen LogP contribution is 2.21. The fourth-order valence-electron chi connectivity index (χ4n) is 2.68. The van der Waals surface area contributed by atoms with Crippen LogP contribution in [0, 0.1) is 0 Å². The summed E-state index contributed by atoms with van der Waals surface area (Å²) in [6.45, 7) is 0. The molecule has 0 bridgehead atoms. The Labute approximate surface area is 133 Å². The van der Waals surface area contributed by atoms with Crippen LogP contribution in [0.4, 0.5) is 0 Å². The molecule has 23 heavy (non-hydrogen) atoms. The minimum atomic E-state index is -0.651. The number of imidazole rings is 2. The molecule has 4 aromatic rings. The monoisotopic (exact) mass is 304 g/mol. The molecule has 5 nitrogen and oxygen atoms in total. The maximum atomic E-state index is 10.4. The average Bonchev–Trinajstić information content (AvgIpc) is 3.24. The van der Waals surface area contributed by atoms with Gasteiger partial charge < -0.3 is 14.7 Å². The first-order chi connectivity index (χ1) is 11.3. The zero-order valence-corrected chi connectivity index (χ0v) is 12.4. The van der Waals surface area contributed by atoms with Crippen molar-refractivity contribution in [2.75, 3.05) is 0 Å². The molecule has 0 saturated carbocycles. The van der Waals surface area contributed by atoms with Gasteiger partial charge in [0.1, 0.15) is 11.9 Å². The van der Waals surface area contributed by atoms with Crippen LogP contribution in [-0.4, -0.2) is 24.6 Å². The molecule has 0 unspecified atom stereocenters. The number of aliphatic hydroxyl groups is 1. The number of hydrogen-bond donors (Lipinski definition) is 2. The molecular weight excluding hydrogens is 288 g/mol. The van der Waals surface area contributed by atoms with Crippen molar-refractivity contribution >= 4 is 11.0 Å². The standard InChI is InChI=1S/C18H16N4O/c23-17(10-13-4-2-1-3-5-13)18-20-15-7-6-14(11-16(15)21-18)22-9-8-19-12-22/h1-9,11-12,17,23H,10H2,(H,20,21)/t17-/m1/s1. The highest BCUT2D eigenvalue weighted by molar-refractivity contribution is 5.77. The molecule has 0 aliphatic heterocycles. The average molecular weight is 304 g/mol. The van der Waals surface area contributed by atoms with Gasteiger partial charge >= 0.3 is 0 Å². The van der Waals surface area contributed by atoms with E-state index in [0.29, 0.717) is 12.2 Å². The lowest BCUT2D eigenvalue weighted by molar-refractivity contribution is 0.170.